The molecule has 20 heavy (non-hydrogen) atoms. The summed E-state index contributed by atoms with van der Waals surface area (Å²) < 4.78 is 0. The molecule has 0 radical (unpaired) electrons. The van der Waals surface area contributed by atoms with Crippen LogP contribution in [0.3, 0.4) is 0 Å². The van der Waals surface area contributed by atoms with Crippen LogP contribution in [0.4, 0.5) is 11.4 Å². The van der Waals surface area contributed by atoms with E-state index in [1.165, 1.54) is 4.90 Å². The van der Waals surface area contributed by atoms with E-state index in [2.05, 4.69) is 0 Å². The van der Waals surface area contributed by atoms with Crippen LogP contribution in [0, 0.1) is 11.3 Å². The normalized spacial score (nSPS) is 9.85. The predicted molar refractivity (Wildman–Crippen MR) is 79.8 cm³/mol. The summed E-state index contributed by atoms with van der Waals surface area (Å²) in [5.41, 5.74) is 7.52. The Bertz CT molecular complexity index is 707. The maximum Gasteiger partial charge on any atom is 0.260 e. The van der Waals surface area contributed by atoms with Crippen LogP contribution in [-0.2, 0) is 0 Å². The molecular weight excluding hydrogens is 274 g/mol. The number of carbonyl (C=O) groups excluding carboxylic acids is 1. The van der Waals surface area contributed by atoms with Gasteiger partial charge in [-0.15, -0.1) is 0 Å². The Kier molecular flexibility index (Phi) is 3.92. The van der Waals surface area contributed by atoms with Gasteiger partial charge in [0, 0.05) is 12.7 Å². The van der Waals surface area contributed by atoms with Crippen LogP contribution in [0.5, 0.6) is 0 Å². The fourth-order valence-electron chi connectivity index (χ4n) is 1.81. The van der Waals surface area contributed by atoms with Gasteiger partial charge in [-0.2, -0.15) is 5.26 Å². The maximum atomic E-state index is 12.4. The highest BCUT2D eigenvalue weighted by Gasteiger charge is 2.17. The number of hydrogen-bond acceptors (Lipinski definition) is 3. The molecule has 0 aliphatic carbocycles. The highest BCUT2D eigenvalue weighted by Crippen LogP contribution is 2.25. The van der Waals surface area contributed by atoms with E-state index >= 15 is 0 Å². The molecule has 0 atom stereocenters. The Balaban J connectivity index is 2.38. The lowest BCUT2D eigenvalue weighted by molar-refractivity contribution is 0.0994. The monoisotopic (exact) mass is 285 g/mol. The van der Waals surface area contributed by atoms with E-state index in [4.69, 9.17) is 22.6 Å². The minimum absolute atomic E-state index is 0.252. The number of anilines is 2. The fraction of sp³-hybridized carbons (Fsp3) is 0.0667. The van der Waals surface area contributed by atoms with Crippen molar-refractivity contribution in [3.8, 4) is 6.07 Å². The topological polar surface area (TPSA) is 70.1 Å². The van der Waals surface area contributed by atoms with Crippen LogP contribution in [-0.4, -0.2) is 13.0 Å². The van der Waals surface area contributed by atoms with Crippen LogP contribution in [0.15, 0.2) is 42.5 Å². The number of nitrogens with two attached hydrogens (primary N) is 1. The molecule has 1 amide bonds. The second kappa shape index (κ2) is 5.64. The molecular formula is C15H12ClN3O. The second-order valence-corrected chi connectivity index (χ2v) is 4.63. The van der Waals surface area contributed by atoms with Crippen molar-refractivity contribution in [2.75, 3.05) is 17.7 Å². The lowest BCUT2D eigenvalue weighted by atomic mass is 10.1. The number of para-hydroxylation sites is 1. The number of nitrogen functional groups attached to an aromatic ring is 1. The minimum atomic E-state index is -0.278. The third kappa shape index (κ3) is 2.58. The van der Waals surface area contributed by atoms with Crippen molar-refractivity contribution in [3.63, 3.8) is 0 Å². The van der Waals surface area contributed by atoms with Gasteiger partial charge in [0.2, 0.25) is 0 Å². The van der Waals surface area contributed by atoms with Gasteiger partial charge in [-0.25, -0.2) is 0 Å². The Labute approximate surface area is 122 Å². The SMILES string of the molecule is CN(C(=O)c1cccc(Cl)c1N)c1cccc(C#N)c1. The van der Waals surface area contributed by atoms with Crippen molar-refractivity contribution in [2.45, 2.75) is 0 Å². The molecule has 0 aliphatic rings. The maximum absolute atomic E-state index is 12.4. The third-order valence-electron chi connectivity index (χ3n) is 2.95. The summed E-state index contributed by atoms with van der Waals surface area (Å²) in [5.74, 6) is -0.278. The average Bonchev–Trinajstić information content (AvgIpc) is 2.48. The van der Waals surface area contributed by atoms with Gasteiger partial charge in [-0.3, -0.25) is 4.79 Å². The molecule has 0 saturated carbocycles. The highest BCUT2D eigenvalue weighted by atomic mass is 35.5. The first-order valence-electron chi connectivity index (χ1n) is 5.87. The van der Waals surface area contributed by atoms with Crippen molar-refractivity contribution < 1.29 is 4.79 Å². The van der Waals surface area contributed by atoms with Crippen LogP contribution in [0.1, 0.15) is 15.9 Å². The summed E-state index contributed by atoms with van der Waals surface area (Å²) in [6, 6.07) is 13.7. The van der Waals surface area contributed by atoms with Gasteiger partial charge in [0.1, 0.15) is 0 Å². The zero-order valence-electron chi connectivity index (χ0n) is 10.8. The Morgan fingerprint density at radius 3 is 2.70 bits per heavy atom. The standard InChI is InChI=1S/C15H12ClN3O/c1-19(11-5-2-4-10(8-11)9-17)15(20)12-6-3-7-13(16)14(12)18/h2-8H,18H2,1H3. The molecule has 100 valence electrons. The van der Waals surface area contributed by atoms with E-state index in [-0.39, 0.29) is 11.6 Å². The molecule has 0 spiro atoms. The van der Waals surface area contributed by atoms with Gasteiger partial charge in [-0.05, 0) is 30.3 Å². The van der Waals surface area contributed by atoms with Crippen molar-refractivity contribution in [1.82, 2.24) is 0 Å². The van der Waals surface area contributed by atoms with Crippen LogP contribution in [0.2, 0.25) is 5.02 Å². The molecule has 0 saturated heterocycles. The molecule has 2 rings (SSSR count). The van der Waals surface area contributed by atoms with E-state index in [0.717, 1.165) is 0 Å². The zero-order valence-corrected chi connectivity index (χ0v) is 11.6. The summed E-state index contributed by atoms with van der Waals surface area (Å²) in [6.45, 7) is 0. The Morgan fingerprint density at radius 2 is 2.00 bits per heavy atom. The second-order valence-electron chi connectivity index (χ2n) is 4.23. The summed E-state index contributed by atoms with van der Waals surface area (Å²) in [7, 11) is 1.62. The summed E-state index contributed by atoms with van der Waals surface area (Å²) >= 11 is 5.92. The van der Waals surface area contributed by atoms with Gasteiger partial charge in [-0.1, -0.05) is 23.7 Å². The number of nitriles is 1. The largest absolute Gasteiger partial charge is 0.397 e. The molecule has 0 aromatic heterocycles. The Morgan fingerprint density at radius 1 is 1.30 bits per heavy atom. The van der Waals surface area contributed by atoms with E-state index < -0.39 is 0 Å². The van der Waals surface area contributed by atoms with Gasteiger partial charge in [0.25, 0.3) is 5.91 Å². The quantitative estimate of drug-likeness (QED) is 0.862. The van der Waals surface area contributed by atoms with Gasteiger partial charge in [0.15, 0.2) is 0 Å². The van der Waals surface area contributed by atoms with E-state index in [1.54, 1.807) is 49.5 Å². The summed E-state index contributed by atoms with van der Waals surface area (Å²) in [5, 5.41) is 9.23. The van der Waals surface area contributed by atoms with Crippen LogP contribution >= 0.6 is 11.6 Å². The predicted octanol–water partition coefficient (Wildman–Crippen LogP) is 3.07. The van der Waals surface area contributed by atoms with Crippen molar-refractivity contribution >= 4 is 28.9 Å². The lowest BCUT2D eigenvalue weighted by Gasteiger charge is -2.18. The summed E-state index contributed by atoms with van der Waals surface area (Å²) in [6.07, 6.45) is 0. The number of hydrogen-bond donors (Lipinski definition) is 1. The number of nitrogens with zero attached hydrogens (tertiary/aromatic N) is 2. The van der Waals surface area contributed by atoms with E-state index in [1.807, 2.05) is 6.07 Å². The molecule has 2 aromatic carbocycles. The number of carbonyl (C=O) groups is 1. The smallest absolute Gasteiger partial charge is 0.260 e. The fourth-order valence-corrected chi connectivity index (χ4v) is 1.98. The highest BCUT2D eigenvalue weighted by molar-refractivity contribution is 6.34. The first kappa shape index (κ1) is 13.9. The third-order valence-corrected chi connectivity index (χ3v) is 3.28. The molecule has 0 fully saturated rings. The van der Waals surface area contributed by atoms with Gasteiger partial charge in [0.05, 0.1) is 27.9 Å². The molecule has 2 aromatic rings. The van der Waals surface area contributed by atoms with Crippen molar-refractivity contribution in [2.24, 2.45) is 0 Å². The number of rotatable bonds is 2. The molecule has 2 N–H and O–H groups in total. The number of halogens is 1. The van der Waals surface area contributed by atoms with Crippen molar-refractivity contribution in [1.29, 1.82) is 5.26 Å². The minimum Gasteiger partial charge on any atom is -0.397 e. The number of amides is 1. The first-order valence-corrected chi connectivity index (χ1v) is 6.24. The molecule has 0 heterocycles. The first-order chi connectivity index (χ1) is 9.54. The molecule has 5 heteroatoms. The molecule has 0 bridgehead atoms. The zero-order chi connectivity index (χ0) is 14.7. The van der Waals surface area contributed by atoms with Crippen LogP contribution < -0.4 is 10.6 Å². The van der Waals surface area contributed by atoms with Crippen LogP contribution in [0.25, 0.3) is 0 Å². The van der Waals surface area contributed by atoms with Gasteiger partial charge >= 0.3 is 0 Å². The molecule has 0 unspecified atom stereocenters. The van der Waals surface area contributed by atoms with Crippen molar-refractivity contribution in [3.05, 3.63) is 58.6 Å². The van der Waals surface area contributed by atoms with Gasteiger partial charge < -0.3 is 10.6 Å². The summed E-state index contributed by atoms with van der Waals surface area (Å²) in [4.78, 5) is 13.9. The molecule has 0 aliphatic heterocycles. The number of benzene rings is 2. The van der Waals surface area contributed by atoms with E-state index in [9.17, 15) is 4.79 Å². The molecule has 4 nitrogen and oxygen atoms in total. The Hall–Kier alpha value is -2.51. The lowest BCUT2D eigenvalue weighted by Crippen LogP contribution is -2.27. The van der Waals surface area contributed by atoms with E-state index in [0.29, 0.717) is 21.8 Å². The average molecular weight is 286 g/mol.